The van der Waals surface area contributed by atoms with Crippen molar-refractivity contribution in [2.24, 2.45) is 5.92 Å². The Morgan fingerprint density at radius 1 is 1.37 bits per heavy atom. The lowest BCUT2D eigenvalue weighted by Crippen LogP contribution is -2.30. The first-order valence-electron chi connectivity index (χ1n) is 6.35. The van der Waals surface area contributed by atoms with Gasteiger partial charge in [0.25, 0.3) is 5.91 Å². The Morgan fingerprint density at radius 3 is 2.58 bits per heavy atom. The maximum Gasteiger partial charge on any atom is 0.253 e. The number of hydrogen-bond donors (Lipinski definition) is 1. The van der Waals surface area contributed by atoms with Crippen molar-refractivity contribution in [3.8, 4) is 0 Å². The van der Waals surface area contributed by atoms with Crippen molar-refractivity contribution in [2.45, 2.75) is 12.8 Å². The summed E-state index contributed by atoms with van der Waals surface area (Å²) in [5, 5.41) is 0. The fourth-order valence-electron chi connectivity index (χ4n) is 1.68. The molecular formula is C14H21ClN2O2. The van der Waals surface area contributed by atoms with Gasteiger partial charge in [-0.15, -0.1) is 12.4 Å². The fourth-order valence-corrected chi connectivity index (χ4v) is 1.68. The van der Waals surface area contributed by atoms with Gasteiger partial charge in [0.05, 0.1) is 6.61 Å². The third-order valence-electron chi connectivity index (χ3n) is 3.13. The molecule has 5 heteroatoms. The third-order valence-corrected chi connectivity index (χ3v) is 3.13. The maximum atomic E-state index is 12.0. The van der Waals surface area contributed by atoms with Crippen LogP contribution in [0.15, 0.2) is 24.3 Å². The van der Waals surface area contributed by atoms with E-state index in [1.165, 1.54) is 12.8 Å². The average molecular weight is 285 g/mol. The molecule has 1 amide bonds. The zero-order chi connectivity index (χ0) is 13.0. The van der Waals surface area contributed by atoms with Gasteiger partial charge in [0.2, 0.25) is 0 Å². The summed E-state index contributed by atoms with van der Waals surface area (Å²) in [6, 6.07) is 6.98. The molecule has 106 valence electrons. The van der Waals surface area contributed by atoms with E-state index in [4.69, 9.17) is 10.5 Å². The van der Waals surface area contributed by atoms with Gasteiger partial charge >= 0.3 is 0 Å². The van der Waals surface area contributed by atoms with Gasteiger partial charge in [-0.3, -0.25) is 4.79 Å². The molecule has 0 aliphatic heterocycles. The van der Waals surface area contributed by atoms with Crippen LogP contribution in [0.1, 0.15) is 23.2 Å². The van der Waals surface area contributed by atoms with Crippen LogP contribution in [0.4, 0.5) is 5.69 Å². The summed E-state index contributed by atoms with van der Waals surface area (Å²) in [5.74, 6) is 0.771. The molecule has 0 bridgehead atoms. The molecule has 0 heterocycles. The van der Waals surface area contributed by atoms with E-state index >= 15 is 0 Å². The lowest BCUT2D eigenvalue weighted by atomic mass is 10.2. The van der Waals surface area contributed by atoms with E-state index in [2.05, 4.69) is 0 Å². The van der Waals surface area contributed by atoms with Gasteiger partial charge in [-0.25, -0.2) is 0 Å². The Kier molecular flexibility index (Phi) is 6.12. The van der Waals surface area contributed by atoms with Crippen LogP contribution in [0, 0.1) is 5.92 Å². The van der Waals surface area contributed by atoms with Crippen molar-refractivity contribution < 1.29 is 9.53 Å². The minimum atomic E-state index is 0. The quantitative estimate of drug-likeness (QED) is 0.643. The predicted molar refractivity (Wildman–Crippen MR) is 78.6 cm³/mol. The van der Waals surface area contributed by atoms with Gasteiger partial charge in [-0.05, 0) is 43.0 Å². The number of carbonyl (C=O) groups is 1. The van der Waals surface area contributed by atoms with Crippen LogP contribution in [0.2, 0.25) is 0 Å². The minimum absolute atomic E-state index is 0. The first kappa shape index (κ1) is 15.8. The smallest absolute Gasteiger partial charge is 0.253 e. The lowest BCUT2D eigenvalue weighted by Gasteiger charge is -2.17. The molecule has 1 aromatic carbocycles. The Bertz CT molecular complexity index is 404. The maximum absolute atomic E-state index is 12.0. The number of likely N-dealkylation sites (N-methyl/N-ethyl adjacent to an activating group) is 1. The molecule has 0 radical (unpaired) electrons. The molecule has 0 aromatic heterocycles. The number of nitrogens with zero attached hydrogens (tertiary/aromatic N) is 1. The van der Waals surface area contributed by atoms with Crippen molar-refractivity contribution in [1.82, 2.24) is 4.90 Å². The monoisotopic (exact) mass is 284 g/mol. The molecule has 0 unspecified atom stereocenters. The van der Waals surface area contributed by atoms with E-state index in [0.717, 1.165) is 12.5 Å². The zero-order valence-corrected chi connectivity index (χ0v) is 12.0. The number of hydrogen-bond acceptors (Lipinski definition) is 3. The molecule has 0 saturated heterocycles. The van der Waals surface area contributed by atoms with Gasteiger partial charge in [0.15, 0.2) is 0 Å². The molecule has 2 N–H and O–H groups in total. The van der Waals surface area contributed by atoms with Crippen LogP contribution in [0.25, 0.3) is 0 Å². The van der Waals surface area contributed by atoms with E-state index < -0.39 is 0 Å². The summed E-state index contributed by atoms with van der Waals surface area (Å²) in [6.45, 7) is 2.06. The SMILES string of the molecule is CN(CCOCC1CC1)C(=O)c1ccc(N)cc1.Cl. The van der Waals surface area contributed by atoms with Crippen LogP contribution in [0.3, 0.4) is 0 Å². The van der Waals surface area contributed by atoms with Gasteiger partial charge in [0, 0.05) is 31.5 Å². The standard InChI is InChI=1S/C14H20N2O2.ClH/c1-16(8-9-18-10-11-2-3-11)14(17)12-4-6-13(15)7-5-12;/h4-7,11H,2-3,8-10,15H2,1H3;1H. The van der Waals surface area contributed by atoms with Crippen LogP contribution in [-0.2, 0) is 4.74 Å². The first-order valence-corrected chi connectivity index (χ1v) is 6.35. The highest BCUT2D eigenvalue weighted by Gasteiger charge is 2.21. The lowest BCUT2D eigenvalue weighted by molar-refractivity contribution is 0.0681. The molecule has 1 aromatic rings. The zero-order valence-electron chi connectivity index (χ0n) is 11.2. The van der Waals surface area contributed by atoms with E-state index in [0.29, 0.717) is 24.4 Å². The topological polar surface area (TPSA) is 55.6 Å². The van der Waals surface area contributed by atoms with Gasteiger partial charge in [-0.2, -0.15) is 0 Å². The Morgan fingerprint density at radius 2 is 2.00 bits per heavy atom. The van der Waals surface area contributed by atoms with E-state index in [9.17, 15) is 4.79 Å². The molecule has 1 aliphatic rings. The van der Waals surface area contributed by atoms with Crippen LogP contribution < -0.4 is 5.73 Å². The molecule has 2 rings (SSSR count). The fraction of sp³-hybridized carbons (Fsp3) is 0.500. The molecule has 4 nitrogen and oxygen atoms in total. The highest BCUT2D eigenvalue weighted by atomic mass is 35.5. The molecule has 0 atom stereocenters. The summed E-state index contributed by atoms with van der Waals surface area (Å²) >= 11 is 0. The normalized spacial score (nSPS) is 13.7. The van der Waals surface area contributed by atoms with Crippen molar-refractivity contribution in [3.05, 3.63) is 29.8 Å². The molecule has 1 aliphatic carbocycles. The van der Waals surface area contributed by atoms with Gasteiger partial charge in [-0.1, -0.05) is 0 Å². The third kappa shape index (κ3) is 5.09. The van der Waals surface area contributed by atoms with Crippen LogP contribution >= 0.6 is 12.4 Å². The molecular weight excluding hydrogens is 264 g/mol. The minimum Gasteiger partial charge on any atom is -0.399 e. The van der Waals surface area contributed by atoms with Crippen molar-refractivity contribution >= 4 is 24.0 Å². The van der Waals surface area contributed by atoms with Crippen molar-refractivity contribution in [3.63, 3.8) is 0 Å². The number of benzene rings is 1. The number of anilines is 1. The number of carbonyl (C=O) groups excluding carboxylic acids is 1. The Hall–Kier alpha value is -1.26. The summed E-state index contributed by atoms with van der Waals surface area (Å²) in [6.07, 6.45) is 2.58. The number of nitrogen functional groups attached to an aromatic ring is 1. The molecule has 1 fully saturated rings. The first-order chi connectivity index (χ1) is 8.66. The molecule has 19 heavy (non-hydrogen) atoms. The van der Waals surface area contributed by atoms with Gasteiger partial charge < -0.3 is 15.4 Å². The highest BCUT2D eigenvalue weighted by Crippen LogP contribution is 2.28. The van der Waals surface area contributed by atoms with E-state index in [-0.39, 0.29) is 18.3 Å². The summed E-state index contributed by atoms with van der Waals surface area (Å²) in [5.41, 5.74) is 6.92. The number of nitrogens with two attached hydrogens (primary N) is 1. The van der Waals surface area contributed by atoms with Crippen molar-refractivity contribution in [2.75, 3.05) is 32.5 Å². The summed E-state index contributed by atoms with van der Waals surface area (Å²) in [7, 11) is 1.79. The number of halogens is 1. The Labute approximate surface area is 120 Å². The largest absolute Gasteiger partial charge is 0.399 e. The Balaban J connectivity index is 0.00000180. The van der Waals surface area contributed by atoms with Crippen LogP contribution in [0.5, 0.6) is 0 Å². The predicted octanol–water partition coefficient (Wildman–Crippen LogP) is 2.19. The van der Waals surface area contributed by atoms with E-state index in [1.807, 2.05) is 0 Å². The second-order valence-electron chi connectivity index (χ2n) is 4.87. The molecule has 1 saturated carbocycles. The molecule has 0 spiro atoms. The number of rotatable bonds is 6. The number of ether oxygens (including phenoxy) is 1. The second-order valence-corrected chi connectivity index (χ2v) is 4.87. The van der Waals surface area contributed by atoms with Crippen molar-refractivity contribution in [1.29, 1.82) is 0 Å². The van der Waals surface area contributed by atoms with Crippen LogP contribution in [-0.4, -0.2) is 37.6 Å². The summed E-state index contributed by atoms with van der Waals surface area (Å²) < 4.78 is 5.52. The second kappa shape index (κ2) is 7.36. The highest BCUT2D eigenvalue weighted by molar-refractivity contribution is 5.94. The average Bonchev–Trinajstić information content (AvgIpc) is 3.18. The number of amides is 1. The summed E-state index contributed by atoms with van der Waals surface area (Å²) in [4.78, 5) is 13.7. The van der Waals surface area contributed by atoms with Gasteiger partial charge in [0.1, 0.15) is 0 Å². The van der Waals surface area contributed by atoms with E-state index in [1.54, 1.807) is 36.2 Å².